The molecule has 1 unspecified atom stereocenters. The molecule has 0 heterocycles. The van der Waals surface area contributed by atoms with Crippen LogP contribution < -0.4 is 0 Å². The Morgan fingerprint density at radius 3 is 2.42 bits per heavy atom. The molecule has 0 aromatic heterocycles. The maximum absolute atomic E-state index is 2.32. The minimum absolute atomic E-state index is 0.846. The third-order valence-corrected chi connectivity index (χ3v) is 3.77. The van der Waals surface area contributed by atoms with E-state index in [0.717, 1.165) is 5.92 Å². The van der Waals surface area contributed by atoms with E-state index in [0.29, 0.717) is 0 Å². The molecule has 1 atom stereocenters. The van der Waals surface area contributed by atoms with Crippen LogP contribution in [0.4, 0.5) is 0 Å². The van der Waals surface area contributed by atoms with Crippen molar-refractivity contribution >= 4 is 0 Å². The maximum atomic E-state index is 2.32. The highest BCUT2D eigenvalue weighted by Gasteiger charge is 2.28. The van der Waals surface area contributed by atoms with Crippen molar-refractivity contribution in [2.45, 2.75) is 46.5 Å². The molecular formula is C12H18. The number of rotatable bonds is 0. The molecule has 0 N–H and O–H groups in total. The van der Waals surface area contributed by atoms with Gasteiger partial charge in [-0.3, -0.25) is 0 Å². The summed E-state index contributed by atoms with van der Waals surface area (Å²) in [4.78, 5) is 0. The Morgan fingerprint density at radius 1 is 1.00 bits per heavy atom. The van der Waals surface area contributed by atoms with Crippen LogP contribution in [0.25, 0.3) is 0 Å². The SMILES string of the molecule is CC1=C(C)C2CCCCC2=C1C. The van der Waals surface area contributed by atoms with Gasteiger partial charge in [0, 0.05) is 5.92 Å². The van der Waals surface area contributed by atoms with Gasteiger partial charge in [-0.2, -0.15) is 0 Å². The van der Waals surface area contributed by atoms with Gasteiger partial charge in [-0.1, -0.05) is 17.6 Å². The lowest BCUT2D eigenvalue weighted by atomic mass is 9.82. The Labute approximate surface area is 75.4 Å². The third-order valence-electron chi connectivity index (χ3n) is 3.77. The fourth-order valence-corrected chi connectivity index (χ4v) is 2.74. The quantitative estimate of drug-likeness (QED) is 0.507. The molecule has 0 heteroatoms. The Hall–Kier alpha value is -0.520. The van der Waals surface area contributed by atoms with Gasteiger partial charge in [-0.05, 0) is 51.2 Å². The Balaban J connectivity index is 2.38. The molecule has 66 valence electrons. The van der Waals surface area contributed by atoms with E-state index in [1.54, 1.807) is 22.3 Å². The summed E-state index contributed by atoms with van der Waals surface area (Å²) in [7, 11) is 0. The molecule has 0 aliphatic heterocycles. The second-order valence-corrected chi connectivity index (χ2v) is 4.26. The molecular weight excluding hydrogens is 144 g/mol. The molecule has 0 bridgehead atoms. The summed E-state index contributed by atoms with van der Waals surface area (Å²) in [6.45, 7) is 6.91. The maximum Gasteiger partial charge on any atom is 0.00158 e. The number of allylic oxidation sites excluding steroid dienone is 4. The van der Waals surface area contributed by atoms with E-state index in [-0.39, 0.29) is 0 Å². The van der Waals surface area contributed by atoms with Gasteiger partial charge in [0.2, 0.25) is 0 Å². The highest BCUT2D eigenvalue weighted by Crippen LogP contribution is 2.44. The first-order valence-electron chi connectivity index (χ1n) is 5.09. The lowest BCUT2D eigenvalue weighted by Crippen LogP contribution is -2.08. The molecule has 0 nitrogen and oxygen atoms in total. The fraction of sp³-hybridized carbons (Fsp3) is 0.667. The van der Waals surface area contributed by atoms with Crippen LogP contribution in [0.1, 0.15) is 46.5 Å². The molecule has 12 heavy (non-hydrogen) atoms. The van der Waals surface area contributed by atoms with Crippen LogP contribution in [0, 0.1) is 5.92 Å². The Morgan fingerprint density at radius 2 is 1.75 bits per heavy atom. The minimum atomic E-state index is 0.846. The van der Waals surface area contributed by atoms with Crippen LogP contribution in [0.3, 0.4) is 0 Å². The molecule has 1 saturated carbocycles. The van der Waals surface area contributed by atoms with Gasteiger partial charge in [0.05, 0.1) is 0 Å². The van der Waals surface area contributed by atoms with Gasteiger partial charge < -0.3 is 0 Å². The summed E-state index contributed by atoms with van der Waals surface area (Å²) in [6.07, 6.45) is 5.64. The monoisotopic (exact) mass is 162 g/mol. The highest BCUT2D eigenvalue weighted by atomic mass is 14.3. The number of hydrogen-bond donors (Lipinski definition) is 0. The highest BCUT2D eigenvalue weighted by molar-refractivity contribution is 5.47. The van der Waals surface area contributed by atoms with E-state index in [2.05, 4.69) is 20.8 Å². The van der Waals surface area contributed by atoms with Gasteiger partial charge in [0.25, 0.3) is 0 Å². The van der Waals surface area contributed by atoms with Crippen LogP contribution in [-0.4, -0.2) is 0 Å². The van der Waals surface area contributed by atoms with Crippen molar-refractivity contribution in [3.05, 3.63) is 22.3 Å². The van der Waals surface area contributed by atoms with Crippen molar-refractivity contribution in [2.24, 2.45) is 5.92 Å². The van der Waals surface area contributed by atoms with Crippen LogP contribution in [0.5, 0.6) is 0 Å². The molecule has 0 saturated heterocycles. The molecule has 1 fully saturated rings. The van der Waals surface area contributed by atoms with E-state index >= 15 is 0 Å². The first kappa shape index (κ1) is 8.10. The van der Waals surface area contributed by atoms with Crippen LogP contribution in [-0.2, 0) is 0 Å². The number of hydrogen-bond acceptors (Lipinski definition) is 0. The summed E-state index contributed by atoms with van der Waals surface area (Å²) >= 11 is 0. The van der Waals surface area contributed by atoms with Crippen LogP contribution in [0.15, 0.2) is 22.3 Å². The van der Waals surface area contributed by atoms with E-state index in [4.69, 9.17) is 0 Å². The second-order valence-electron chi connectivity index (χ2n) is 4.26. The molecule has 0 spiro atoms. The summed E-state index contributed by atoms with van der Waals surface area (Å²) in [6, 6.07) is 0. The van der Waals surface area contributed by atoms with Crippen molar-refractivity contribution in [1.29, 1.82) is 0 Å². The zero-order valence-corrected chi connectivity index (χ0v) is 8.41. The smallest absolute Gasteiger partial charge is 0.00158 e. The van der Waals surface area contributed by atoms with E-state index in [1.807, 2.05) is 0 Å². The van der Waals surface area contributed by atoms with E-state index in [9.17, 15) is 0 Å². The summed E-state index contributed by atoms with van der Waals surface area (Å²) < 4.78 is 0. The van der Waals surface area contributed by atoms with Gasteiger partial charge in [-0.25, -0.2) is 0 Å². The first-order valence-corrected chi connectivity index (χ1v) is 5.09. The Kier molecular flexibility index (Phi) is 1.86. The van der Waals surface area contributed by atoms with Crippen molar-refractivity contribution in [1.82, 2.24) is 0 Å². The minimum Gasteiger partial charge on any atom is -0.0630 e. The molecule has 0 radical (unpaired) electrons. The molecule has 2 rings (SSSR count). The van der Waals surface area contributed by atoms with Crippen molar-refractivity contribution in [3.8, 4) is 0 Å². The predicted molar refractivity (Wildman–Crippen MR) is 53.0 cm³/mol. The normalized spacial score (nSPS) is 29.8. The average Bonchev–Trinajstić information content (AvgIpc) is 2.33. The molecule has 0 aromatic carbocycles. The zero-order valence-electron chi connectivity index (χ0n) is 8.41. The van der Waals surface area contributed by atoms with Gasteiger partial charge in [0.15, 0.2) is 0 Å². The average molecular weight is 162 g/mol. The third kappa shape index (κ3) is 0.972. The molecule has 0 aromatic rings. The standard InChI is InChI=1S/C12H18/c1-8-9(2)11-6-4-5-7-12(11)10(8)3/h11H,4-7H2,1-3H3. The fourth-order valence-electron chi connectivity index (χ4n) is 2.74. The lowest BCUT2D eigenvalue weighted by molar-refractivity contribution is 0.506. The van der Waals surface area contributed by atoms with Crippen molar-refractivity contribution in [2.75, 3.05) is 0 Å². The summed E-state index contributed by atoms with van der Waals surface area (Å²) in [5.74, 6) is 0.846. The lowest BCUT2D eigenvalue weighted by Gasteiger charge is -2.22. The number of fused-ring (bicyclic) bond motifs is 1. The van der Waals surface area contributed by atoms with Crippen LogP contribution in [0.2, 0.25) is 0 Å². The van der Waals surface area contributed by atoms with E-state index < -0.39 is 0 Å². The first-order chi connectivity index (χ1) is 5.72. The van der Waals surface area contributed by atoms with Gasteiger partial charge >= 0.3 is 0 Å². The molecule has 2 aliphatic rings. The topological polar surface area (TPSA) is 0 Å². The molecule has 0 amide bonds. The van der Waals surface area contributed by atoms with Crippen molar-refractivity contribution < 1.29 is 0 Å². The largest absolute Gasteiger partial charge is 0.0630 e. The Bertz CT molecular complexity index is 266. The summed E-state index contributed by atoms with van der Waals surface area (Å²) in [5, 5.41) is 0. The predicted octanol–water partition coefficient (Wildman–Crippen LogP) is 3.84. The van der Waals surface area contributed by atoms with Gasteiger partial charge in [0.1, 0.15) is 0 Å². The zero-order chi connectivity index (χ0) is 8.72. The van der Waals surface area contributed by atoms with Crippen molar-refractivity contribution in [3.63, 3.8) is 0 Å². The van der Waals surface area contributed by atoms with Gasteiger partial charge in [-0.15, -0.1) is 0 Å². The van der Waals surface area contributed by atoms with E-state index in [1.165, 1.54) is 25.7 Å². The second kappa shape index (κ2) is 2.76. The van der Waals surface area contributed by atoms with Crippen LogP contribution >= 0.6 is 0 Å². The summed E-state index contributed by atoms with van der Waals surface area (Å²) in [5.41, 5.74) is 6.60. The molecule has 2 aliphatic carbocycles.